The molecule has 172 valence electrons. The molecule has 2 aliphatic rings. The average molecular weight is 467 g/mol. The van der Waals surface area contributed by atoms with Gasteiger partial charge in [0.2, 0.25) is 0 Å². The maximum absolute atomic E-state index is 14.2. The number of carbonyl (C=O) groups is 1. The summed E-state index contributed by atoms with van der Waals surface area (Å²) in [5.74, 6) is -5.48. The fourth-order valence-corrected chi connectivity index (χ4v) is 6.42. The lowest BCUT2D eigenvalue weighted by molar-refractivity contribution is -0.124. The van der Waals surface area contributed by atoms with Crippen LogP contribution >= 0.6 is 0 Å². The molecule has 0 radical (unpaired) electrons. The number of piperidine rings is 1. The minimum absolute atomic E-state index is 0.0645. The van der Waals surface area contributed by atoms with Crippen molar-refractivity contribution in [1.82, 2.24) is 5.32 Å². The van der Waals surface area contributed by atoms with Gasteiger partial charge in [0.05, 0.1) is 4.90 Å². The summed E-state index contributed by atoms with van der Waals surface area (Å²) in [6, 6.07) is 8.26. The van der Waals surface area contributed by atoms with Gasteiger partial charge in [-0.2, -0.15) is 0 Å². The van der Waals surface area contributed by atoms with Gasteiger partial charge in [-0.1, -0.05) is 18.2 Å². The first-order valence-electron chi connectivity index (χ1n) is 10.6. The maximum atomic E-state index is 14.2. The molecular weight excluding hydrogens is 441 g/mol. The third-order valence-electron chi connectivity index (χ3n) is 6.63. The molecule has 3 N–H and O–H groups in total. The zero-order chi connectivity index (χ0) is 23.0. The first-order chi connectivity index (χ1) is 15.2. The molecule has 5 atom stereocenters. The molecule has 2 bridgehead atoms. The van der Waals surface area contributed by atoms with Gasteiger partial charge in [0.1, 0.15) is 11.6 Å². The van der Waals surface area contributed by atoms with Gasteiger partial charge in [-0.25, -0.2) is 21.6 Å². The van der Waals surface area contributed by atoms with Gasteiger partial charge in [-0.3, -0.25) is 4.79 Å². The summed E-state index contributed by atoms with van der Waals surface area (Å²) in [6.45, 7) is 0. The van der Waals surface area contributed by atoms with E-state index in [2.05, 4.69) is 5.32 Å². The van der Waals surface area contributed by atoms with E-state index in [1.807, 2.05) is 0 Å². The van der Waals surface area contributed by atoms with Crippen LogP contribution in [0.25, 0.3) is 0 Å². The summed E-state index contributed by atoms with van der Waals surface area (Å²) in [5, 5.41) is 3.37. The van der Waals surface area contributed by atoms with Crippen molar-refractivity contribution in [2.45, 2.75) is 48.7 Å². The van der Waals surface area contributed by atoms with Crippen LogP contribution in [-0.4, -0.2) is 38.1 Å². The van der Waals surface area contributed by atoms with Gasteiger partial charge in [-0.05, 0) is 55.4 Å². The third-order valence-corrected chi connectivity index (χ3v) is 8.28. The van der Waals surface area contributed by atoms with Crippen molar-refractivity contribution in [2.75, 3.05) is 5.75 Å². The van der Waals surface area contributed by atoms with Crippen molar-refractivity contribution in [3.05, 3.63) is 65.5 Å². The third kappa shape index (κ3) is 4.60. The fraction of sp³-hybridized carbons (Fsp3) is 0.435. The molecule has 0 spiro atoms. The molecule has 2 aromatic carbocycles. The van der Waals surface area contributed by atoms with Crippen molar-refractivity contribution in [3.63, 3.8) is 0 Å². The Bertz CT molecular complexity index is 1110. The number of carbonyl (C=O) groups excluding carboxylic acids is 1. The quantitative estimate of drug-likeness (QED) is 0.613. The molecule has 2 fully saturated rings. The summed E-state index contributed by atoms with van der Waals surface area (Å²) in [6.07, 6.45) is 2.00. The lowest BCUT2D eigenvalue weighted by Crippen LogP contribution is -2.55. The molecule has 2 heterocycles. The van der Waals surface area contributed by atoms with Crippen molar-refractivity contribution >= 4 is 15.6 Å². The standard InChI is InChI=1S/C23H25F3N2O3S/c24-17-11-19(26)18(25)8-13(17)9-20(27)16-10-14-6-7-21(28-14)23(16)22(29)12-32(30,31)15-4-2-1-3-5-15/h1-5,8,11,14,16,20-21,23,28H,6-7,9-10,12,27H2/t14?,16?,20-,21?,23?/m1/s1. The van der Waals surface area contributed by atoms with E-state index in [4.69, 9.17) is 5.73 Å². The van der Waals surface area contributed by atoms with E-state index in [1.54, 1.807) is 18.2 Å². The molecule has 0 amide bonds. The van der Waals surface area contributed by atoms with Crippen LogP contribution in [0.4, 0.5) is 13.2 Å². The molecule has 0 aliphatic carbocycles. The molecule has 0 saturated carbocycles. The number of hydrogen-bond donors (Lipinski definition) is 2. The minimum Gasteiger partial charge on any atom is -0.327 e. The molecule has 2 aromatic rings. The largest absolute Gasteiger partial charge is 0.327 e. The SMILES string of the molecule is N[C@H](Cc1cc(F)c(F)cc1F)C1CC2CCC(N2)C1C(=O)CS(=O)(=O)c1ccccc1. The van der Waals surface area contributed by atoms with Crippen LogP contribution in [0.5, 0.6) is 0 Å². The van der Waals surface area contributed by atoms with Crippen LogP contribution in [0.3, 0.4) is 0 Å². The van der Waals surface area contributed by atoms with Crippen LogP contribution in [-0.2, 0) is 21.1 Å². The van der Waals surface area contributed by atoms with Crippen molar-refractivity contribution in [2.24, 2.45) is 17.6 Å². The lowest BCUT2D eigenvalue weighted by Gasteiger charge is -2.40. The summed E-state index contributed by atoms with van der Waals surface area (Å²) >= 11 is 0. The van der Waals surface area contributed by atoms with E-state index in [0.717, 1.165) is 18.9 Å². The highest BCUT2D eigenvalue weighted by molar-refractivity contribution is 7.92. The predicted molar refractivity (Wildman–Crippen MR) is 113 cm³/mol. The molecule has 4 rings (SSSR count). The van der Waals surface area contributed by atoms with Crippen LogP contribution in [0.2, 0.25) is 0 Å². The Balaban J connectivity index is 1.57. The van der Waals surface area contributed by atoms with Gasteiger partial charge in [0.15, 0.2) is 27.3 Å². The molecule has 5 nitrogen and oxygen atoms in total. The number of nitrogens with two attached hydrogens (primary N) is 1. The molecule has 32 heavy (non-hydrogen) atoms. The first kappa shape index (κ1) is 22.9. The number of halogens is 3. The highest BCUT2D eigenvalue weighted by Crippen LogP contribution is 2.39. The Hall–Kier alpha value is -2.23. The Morgan fingerprint density at radius 2 is 1.75 bits per heavy atom. The Labute approximate surface area is 185 Å². The zero-order valence-electron chi connectivity index (χ0n) is 17.3. The monoisotopic (exact) mass is 466 g/mol. The van der Waals surface area contributed by atoms with Gasteiger partial charge < -0.3 is 11.1 Å². The van der Waals surface area contributed by atoms with E-state index < -0.39 is 56.7 Å². The molecule has 0 aromatic heterocycles. The number of fused-ring (bicyclic) bond motifs is 2. The number of ketones is 1. The molecule has 4 unspecified atom stereocenters. The molecule has 9 heteroatoms. The Kier molecular flexibility index (Phi) is 6.42. The van der Waals surface area contributed by atoms with E-state index in [9.17, 15) is 26.4 Å². The number of rotatable bonds is 7. The van der Waals surface area contributed by atoms with Gasteiger partial charge in [-0.15, -0.1) is 0 Å². The van der Waals surface area contributed by atoms with E-state index >= 15 is 0 Å². The maximum Gasteiger partial charge on any atom is 0.185 e. The van der Waals surface area contributed by atoms with Crippen molar-refractivity contribution in [3.8, 4) is 0 Å². The van der Waals surface area contributed by atoms with Gasteiger partial charge >= 0.3 is 0 Å². The average Bonchev–Trinajstić information content (AvgIpc) is 3.12. The number of nitrogens with one attached hydrogen (secondary N) is 1. The van der Waals surface area contributed by atoms with E-state index in [1.165, 1.54) is 12.1 Å². The summed E-state index contributed by atoms with van der Waals surface area (Å²) in [7, 11) is -3.82. The van der Waals surface area contributed by atoms with E-state index in [-0.39, 0.29) is 29.0 Å². The topological polar surface area (TPSA) is 89.3 Å². The zero-order valence-corrected chi connectivity index (χ0v) is 18.1. The van der Waals surface area contributed by atoms with Crippen LogP contribution in [0.1, 0.15) is 24.8 Å². The van der Waals surface area contributed by atoms with Crippen LogP contribution in [0, 0.1) is 29.3 Å². The van der Waals surface area contributed by atoms with Gasteiger partial charge in [0.25, 0.3) is 0 Å². The highest BCUT2D eigenvalue weighted by Gasteiger charge is 2.47. The number of benzene rings is 2. The molecular formula is C23H25F3N2O3S. The summed E-state index contributed by atoms with van der Waals surface area (Å²) < 4.78 is 66.6. The number of hydrogen-bond acceptors (Lipinski definition) is 5. The normalized spacial score (nSPS) is 26.1. The predicted octanol–water partition coefficient (Wildman–Crippen LogP) is 2.77. The minimum atomic E-state index is -3.82. The smallest absolute Gasteiger partial charge is 0.185 e. The highest BCUT2D eigenvalue weighted by atomic mass is 32.2. The first-order valence-corrected chi connectivity index (χ1v) is 12.3. The lowest BCUT2D eigenvalue weighted by atomic mass is 9.73. The number of sulfone groups is 1. The second kappa shape index (κ2) is 8.96. The fourth-order valence-electron chi connectivity index (χ4n) is 5.12. The molecule has 2 saturated heterocycles. The van der Waals surface area contributed by atoms with Crippen molar-refractivity contribution in [1.29, 1.82) is 0 Å². The van der Waals surface area contributed by atoms with Crippen LogP contribution < -0.4 is 11.1 Å². The second-order valence-corrected chi connectivity index (χ2v) is 10.7. The van der Waals surface area contributed by atoms with E-state index in [0.29, 0.717) is 12.5 Å². The molecule has 2 aliphatic heterocycles. The number of Topliss-reactive ketones (excluding diaryl/α,β-unsaturated/α-hetero) is 1. The van der Waals surface area contributed by atoms with Crippen LogP contribution in [0.15, 0.2) is 47.4 Å². The Morgan fingerprint density at radius 3 is 2.47 bits per heavy atom. The Morgan fingerprint density at radius 1 is 1.06 bits per heavy atom. The van der Waals surface area contributed by atoms with Crippen molar-refractivity contribution < 1.29 is 26.4 Å². The van der Waals surface area contributed by atoms with Gasteiger partial charge in [0, 0.05) is 30.1 Å². The summed E-state index contributed by atoms with van der Waals surface area (Å²) in [4.78, 5) is 13.3. The summed E-state index contributed by atoms with van der Waals surface area (Å²) in [5.41, 5.74) is 6.32. The second-order valence-electron chi connectivity index (χ2n) is 8.74.